The molecule has 0 aromatic carbocycles. The molecule has 0 aliphatic carbocycles. The lowest BCUT2D eigenvalue weighted by molar-refractivity contribution is -0.142. The minimum absolute atomic E-state index is 0.228. The second-order valence-corrected chi connectivity index (χ2v) is 3.08. The predicted molar refractivity (Wildman–Crippen MR) is 37.7 cm³/mol. The van der Waals surface area contributed by atoms with Crippen LogP contribution in [-0.2, 0) is 9.53 Å². The highest BCUT2D eigenvalue weighted by Crippen LogP contribution is 2.14. The molecule has 0 spiro atoms. The lowest BCUT2D eigenvalue weighted by atomic mass is 10.1. The molecule has 0 aromatic rings. The van der Waals surface area contributed by atoms with Crippen molar-refractivity contribution in [2.24, 2.45) is 0 Å². The van der Waals surface area contributed by atoms with Crippen molar-refractivity contribution < 1.29 is 13.9 Å². The highest BCUT2D eigenvalue weighted by atomic mass is 19.1. The Bertz CT molecular complexity index is 158. The van der Waals surface area contributed by atoms with Crippen LogP contribution in [0.3, 0.4) is 0 Å². The fourth-order valence-electron chi connectivity index (χ4n) is 0.950. The number of ether oxygens (including phenoxy) is 1. The number of hydrogen-bond donors (Lipinski definition) is 0. The Labute approximate surface area is 65.1 Å². The topological polar surface area (TPSA) is 29.5 Å². The van der Waals surface area contributed by atoms with Gasteiger partial charge < -0.3 is 9.64 Å². The molecule has 1 rings (SSSR count). The number of amides is 1. The third-order valence-electron chi connectivity index (χ3n) is 1.55. The van der Waals surface area contributed by atoms with Crippen LogP contribution in [0.5, 0.6) is 0 Å². The molecule has 0 saturated carbocycles. The van der Waals surface area contributed by atoms with Crippen molar-refractivity contribution >= 4 is 5.91 Å². The van der Waals surface area contributed by atoms with E-state index in [0.29, 0.717) is 13.2 Å². The smallest absolute Gasteiger partial charge is 0.261 e. The fraction of sp³-hybridized carbons (Fsp3) is 0.857. The molecule has 0 unspecified atom stereocenters. The SMILES string of the molecule is CC(C)(F)C(=O)N1CCOC1. The van der Waals surface area contributed by atoms with E-state index >= 15 is 0 Å². The number of hydrogen-bond acceptors (Lipinski definition) is 2. The zero-order valence-corrected chi connectivity index (χ0v) is 6.76. The quantitative estimate of drug-likeness (QED) is 0.562. The second kappa shape index (κ2) is 2.77. The number of rotatable bonds is 1. The minimum atomic E-state index is -1.77. The molecule has 0 aromatic heterocycles. The highest BCUT2D eigenvalue weighted by Gasteiger charge is 2.33. The van der Waals surface area contributed by atoms with Gasteiger partial charge in [-0.3, -0.25) is 4.79 Å². The Morgan fingerprint density at radius 1 is 1.64 bits per heavy atom. The van der Waals surface area contributed by atoms with Crippen LogP contribution in [-0.4, -0.2) is 36.4 Å². The van der Waals surface area contributed by atoms with Crippen molar-refractivity contribution in [3.63, 3.8) is 0 Å². The molecule has 0 bridgehead atoms. The normalized spacial score (nSPS) is 19.0. The van der Waals surface area contributed by atoms with Crippen LogP contribution >= 0.6 is 0 Å². The first-order valence-electron chi connectivity index (χ1n) is 3.58. The molecule has 1 saturated heterocycles. The predicted octanol–water partition coefficient (Wildman–Crippen LogP) is 0.551. The lowest BCUT2D eigenvalue weighted by Crippen LogP contribution is -2.41. The van der Waals surface area contributed by atoms with Crippen LogP contribution in [0.1, 0.15) is 13.8 Å². The van der Waals surface area contributed by atoms with E-state index in [1.165, 1.54) is 18.7 Å². The van der Waals surface area contributed by atoms with Gasteiger partial charge in [-0.05, 0) is 13.8 Å². The summed E-state index contributed by atoms with van der Waals surface area (Å²) >= 11 is 0. The maximum absolute atomic E-state index is 13.0. The van der Waals surface area contributed by atoms with E-state index in [9.17, 15) is 9.18 Å². The van der Waals surface area contributed by atoms with Gasteiger partial charge >= 0.3 is 0 Å². The van der Waals surface area contributed by atoms with Gasteiger partial charge in [-0.15, -0.1) is 0 Å². The van der Waals surface area contributed by atoms with Gasteiger partial charge in [-0.1, -0.05) is 0 Å². The summed E-state index contributed by atoms with van der Waals surface area (Å²) in [6.45, 7) is 3.77. The Kier molecular flexibility index (Phi) is 2.13. The maximum atomic E-state index is 13.0. The molecule has 1 amide bonds. The average molecular weight is 161 g/mol. The number of nitrogens with zero attached hydrogens (tertiary/aromatic N) is 1. The van der Waals surface area contributed by atoms with Crippen molar-refractivity contribution in [2.75, 3.05) is 19.9 Å². The maximum Gasteiger partial charge on any atom is 0.261 e. The van der Waals surface area contributed by atoms with E-state index in [4.69, 9.17) is 4.74 Å². The zero-order valence-electron chi connectivity index (χ0n) is 6.76. The summed E-state index contributed by atoms with van der Waals surface area (Å²) in [5.74, 6) is -0.491. The molecule has 0 N–H and O–H groups in total. The summed E-state index contributed by atoms with van der Waals surface area (Å²) in [5, 5.41) is 0. The summed E-state index contributed by atoms with van der Waals surface area (Å²) in [4.78, 5) is 12.5. The third-order valence-corrected chi connectivity index (χ3v) is 1.55. The van der Waals surface area contributed by atoms with Gasteiger partial charge in [0.25, 0.3) is 5.91 Å². The van der Waals surface area contributed by atoms with Gasteiger partial charge in [0.2, 0.25) is 0 Å². The van der Waals surface area contributed by atoms with Crippen LogP contribution < -0.4 is 0 Å². The molecular formula is C7H12FNO2. The molecule has 1 heterocycles. The van der Waals surface area contributed by atoms with Crippen LogP contribution in [0.4, 0.5) is 4.39 Å². The van der Waals surface area contributed by atoms with Crippen molar-refractivity contribution in [2.45, 2.75) is 19.5 Å². The first-order chi connectivity index (χ1) is 5.02. The lowest BCUT2D eigenvalue weighted by Gasteiger charge is -2.20. The first kappa shape index (κ1) is 8.46. The van der Waals surface area contributed by atoms with Crippen molar-refractivity contribution in [3.8, 4) is 0 Å². The minimum Gasteiger partial charge on any atom is -0.359 e. The third kappa shape index (κ3) is 1.89. The molecule has 0 atom stereocenters. The van der Waals surface area contributed by atoms with Gasteiger partial charge in [-0.2, -0.15) is 0 Å². The standard InChI is InChI=1S/C7H12FNO2/c1-7(2,8)6(10)9-3-4-11-5-9/h3-5H2,1-2H3. The van der Waals surface area contributed by atoms with E-state index in [1.54, 1.807) is 0 Å². The van der Waals surface area contributed by atoms with Crippen LogP contribution in [0.25, 0.3) is 0 Å². The monoisotopic (exact) mass is 161 g/mol. The summed E-state index contributed by atoms with van der Waals surface area (Å²) in [7, 11) is 0. The highest BCUT2D eigenvalue weighted by molar-refractivity contribution is 5.84. The molecule has 3 nitrogen and oxygen atoms in total. The number of halogens is 1. The molecule has 1 aliphatic rings. The number of carbonyl (C=O) groups is 1. The van der Waals surface area contributed by atoms with Crippen LogP contribution in [0.2, 0.25) is 0 Å². The largest absolute Gasteiger partial charge is 0.359 e. The van der Waals surface area contributed by atoms with Gasteiger partial charge in [0.15, 0.2) is 5.67 Å². The van der Waals surface area contributed by atoms with E-state index < -0.39 is 11.6 Å². The zero-order chi connectivity index (χ0) is 8.48. The number of alkyl halides is 1. The Balaban J connectivity index is 2.53. The summed E-state index contributed by atoms with van der Waals surface area (Å²) in [6.07, 6.45) is 0. The van der Waals surface area contributed by atoms with E-state index in [-0.39, 0.29) is 6.73 Å². The van der Waals surface area contributed by atoms with Gasteiger partial charge in [0, 0.05) is 6.54 Å². The van der Waals surface area contributed by atoms with Crippen LogP contribution in [0.15, 0.2) is 0 Å². The van der Waals surface area contributed by atoms with E-state index in [1.807, 2.05) is 0 Å². The van der Waals surface area contributed by atoms with Gasteiger partial charge in [0.05, 0.1) is 6.61 Å². The molecule has 11 heavy (non-hydrogen) atoms. The fourth-order valence-corrected chi connectivity index (χ4v) is 0.950. The Hall–Kier alpha value is -0.640. The Morgan fingerprint density at radius 2 is 2.27 bits per heavy atom. The summed E-state index contributed by atoms with van der Waals surface area (Å²) < 4.78 is 17.9. The average Bonchev–Trinajstić information content (AvgIpc) is 2.34. The summed E-state index contributed by atoms with van der Waals surface area (Å²) in [5.41, 5.74) is -1.77. The van der Waals surface area contributed by atoms with E-state index in [0.717, 1.165) is 0 Å². The van der Waals surface area contributed by atoms with Crippen molar-refractivity contribution in [1.29, 1.82) is 0 Å². The van der Waals surface area contributed by atoms with Gasteiger partial charge in [0.1, 0.15) is 6.73 Å². The molecule has 1 aliphatic heterocycles. The second-order valence-electron chi connectivity index (χ2n) is 3.08. The Morgan fingerprint density at radius 3 is 2.64 bits per heavy atom. The molecule has 1 fully saturated rings. The number of carbonyl (C=O) groups excluding carboxylic acids is 1. The molecule has 0 radical (unpaired) electrons. The first-order valence-corrected chi connectivity index (χ1v) is 3.58. The van der Waals surface area contributed by atoms with Crippen molar-refractivity contribution in [1.82, 2.24) is 4.90 Å². The molecule has 4 heteroatoms. The molecular weight excluding hydrogens is 149 g/mol. The summed E-state index contributed by atoms with van der Waals surface area (Å²) in [6, 6.07) is 0. The van der Waals surface area contributed by atoms with E-state index in [2.05, 4.69) is 0 Å². The van der Waals surface area contributed by atoms with Crippen LogP contribution in [0, 0.1) is 0 Å². The van der Waals surface area contributed by atoms with Crippen molar-refractivity contribution in [3.05, 3.63) is 0 Å². The van der Waals surface area contributed by atoms with Gasteiger partial charge in [-0.25, -0.2) is 4.39 Å². The molecule has 64 valence electrons.